The Bertz CT molecular complexity index is 1660. The highest BCUT2D eigenvalue weighted by Crippen LogP contribution is 2.30. The third-order valence-electron chi connectivity index (χ3n) is 5.79. The SMILES string of the molecule is O=C1C=Cc2ccccc2C1=Cc1c(O)n(-c2ccc(OCc3ccccc3Cl)cc2)c(=O)[nH]c1=O. The van der Waals surface area contributed by atoms with Crippen molar-refractivity contribution in [2.45, 2.75) is 6.61 Å². The summed E-state index contributed by atoms with van der Waals surface area (Å²) < 4.78 is 6.73. The van der Waals surface area contributed by atoms with Crippen molar-refractivity contribution in [3.05, 3.63) is 127 Å². The molecular weight excluding hydrogens is 480 g/mol. The van der Waals surface area contributed by atoms with Crippen LogP contribution in [-0.4, -0.2) is 20.4 Å². The quantitative estimate of drug-likeness (QED) is 0.392. The first kappa shape index (κ1) is 23.1. The molecule has 1 aliphatic carbocycles. The lowest BCUT2D eigenvalue weighted by molar-refractivity contribution is -0.109. The average molecular weight is 499 g/mol. The molecule has 5 rings (SSSR count). The molecule has 2 N–H and O–H groups in total. The van der Waals surface area contributed by atoms with Crippen molar-refractivity contribution in [1.29, 1.82) is 0 Å². The number of rotatable bonds is 5. The molecule has 0 saturated carbocycles. The smallest absolute Gasteiger partial charge is 0.335 e. The van der Waals surface area contributed by atoms with Gasteiger partial charge in [-0.1, -0.05) is 60.1 Å². The van der Waals surface area contributed by atoms with E-state index < -0.39 is 17.1 Å². The lowest BCUT2D eigenvalue weighted by Crippen LogP contribution is -2.30. The Morgan fingerprint density at radius 3 is 2.42 bits per heavy atom. The predicted molar refractivity (Wildman–Crippen MR) is 138 cm³/mol. The van der Waals surface area contributed by atoms with Crippen LogP contribution in [0.5, 0.6) is 11.6 Å². The monoisotopic (exact) mass is 498 g/mol. The van der Waals surface area contributed by atoms with Gasteiger partial charge in [-0.25, -0.2) is 9.36 Å². The van der Waals surface area contributed by atoms with Crippen molar-refractivity contribution < 1.29 is 14.6 Å². The number of halogens is 1. The number of aromatic hydroxyl groups is 1. The molecule has 0 atom stereocenters. The maximum absolute atomic E-state index is 12.6. The summed E-state index contributed by atoms with van der Waals surface area (Å²) in [5.41, 5.74) is 0.962. The van der Waals surface area contributed by atoms with Gasteiger partial charge in [-0.2, -0.15) is 0 Å². The third kappa shape index (κ3) is 4.39. The highest BCUT2D eigenvalue weighted by atomic mass is 35.5. The average Bonchev–Trinajstić information content (AvgIpc) is 2.88. The molecule has 1 aromatic heterocycles. The van der Waals surface area contributed by atoms with Crippen LogP contribution in [0.1, 0.15) is 22.3 Å². The minimum Gasteiger partial charge on any atom is -0.494 e. The van der Waals surface area contributed by atoms with E-state index >= 15 is 0 Å². The van der Waals surface area contributed by atoms with Crippen molar-refractivity contribution in [2.24, 2.45) is 0 Å². The lowest BCUT2D eigenvalue weighted by atomic mass is 9.90. The molecule has 0 spiro atoms. The molecule has 178 valence electrons. The zero-order valence-electron chi connectivity index (χ0n) is 18.8. The molecule has 0 saturated heterocycles. The molecule has 0 unspecified atom stereocenters. The Kier molecular flexibility index (Phi) is 6.14. The van der Waals surface area contributed by atoms with E-state index in [-0.39, 0.29) is 23.5 Å². The molecule has 1 heterocycles. The number of H-pyrrole nitrogens is 1. The van der Waals surface area contributed by atoms with E-state index in [2.05, 4.69) is 4.98 Å². The predicted octanol–water partition coefficient (Wildman–Crippen LogP) is 4.60. The molecule has 0 amide bonds. The van der Waals surface area contributed by atoms with Gasteiger partial charge in [-0.05, 0) is 53.6 Å². The van der Waals surface area contributed by atoms with E-state index in [1.807, 2.05) is 30.3 Å². The maximum Gasteiger partial charge on any atom is 0.335 e. The summed E-state index contributed by atoms with van der Waals surface area (Å²) in [6.07, 6.45) is 4.39. The Balaban J connectivity index is 1.50. The highest BCUT2D eigenvalue weighted by molar-refractivity contribution is 6.33. The van der Waals surface area contributed by atoms with E-state index in [4.69, 9.17) is 16.3 Å². The van der Waals surface area contributed by atoms with Gasteiger partial charge in [-0.15, -0.1) is 0 Å². The summed E-state index contributed by atoms with van der Waals surface area (Å²) in [5.74, 6) is -0.375. The van der Waals surface area contributed by atoms with Crippen LogP contribution in [0.15, 0.2) is 88.5 Å². The Labute approximate surface area is 210 Å². The number of aromatic amines is 1. The van der Waals surface area contributed by atoms with Crippen molar-refractivity contribution in [3.63, 3.8) is 0 Å². The number of hydrogen-bond acceptors (Lipinski definition) is 5. The number of aromatic nitrogens is 2. The Hall–Kier alpha value is -4.62. The van der Waals surface area contributed by atoms with Crippen molar-refractivity contribution in [1.82, 2.24) is 9.55 Å². The van der Waals surface area contributed by atoms with Gasteiger partial charge >= 0.3 is 5.69 Å². The van der Waals surface area contributed by atoms with Crippen molar-refractivity contribution in [2.75, 3.05) is 0 Å². The number of allylic oxidation sites excluding steroid dienone is 2. The molecule has 0 fully saturated rings. The molecule has 0 radical (unpaired) electrons. The van der Waals surface area contributed by atoms with E-state index in [9.17, 15) is 19.5 Å². The van der Waals surface area contributed by atoms with Crippen LogP contribution in [0.3, 0.4) is 0 Å². The molecular formula is C28H19ClN2O5. The highest BCUT2D eigenvalue weighted by Gasteiger charge is 2.20. The minimum atomic E-state index is -0.820. The summed E-state index contributed by atoms with van der Waals surface area (Å²) in [5, 5.41) is 11.5. The second-order valence-electron chi connectivity index (χ2n) is 8.05. The second-order valence-corrected chi connectivity index (χ2v) is 8.46. The summed E-state index contributed by atoms with van der Waals surface area (Å²) in [7, 11) is 0. The first-order valence-electron chi connectivity index (χ1n) is 11.0. The molecule has 0 aliphatic heterocycles. The molecule has 8 heteroatoms. The summed E-state index contributed by atoms with van der Waals surface area (Å²) in [4.78, 5) is 40.0. The van der Waals surface area contributed by atoms with Gasteiger partial charge in [0.25, 0.3) is 5.56 Å². The first-order chi connectivity index (χ1) is 17.4. The maximum atomic E-state index is 12.6. The number of carbonyl (C=O) groups excluding carboxylic acids is 1. The molecule has 36 heavy (non-hydrogen) atoms. The van der Waals surface area contributed by atoms with Gasteiger partial charge in [0.15, 0.2) is 5.78 Å². The fraction of sp³-hybridized carbons (Fsp3) is 0.0357. The van der Waals surface area contributed by atoms with Crippen LogP contribution in [0.4, 0.5) is 0 Å². The van der Waals surface area contributed by atoms with Crippen molar-refractivity contribution >= 4 is 35.1 Å². The van der Waals surface area contributed by atoms with Crippen LogP contribution >= 0.6 is 11.6 Å². The number of benzene rings is 3. The Morgan fingerprint density at radius 1 is 0.917 bits per heavy atom. The fourth-order valence-electron chi connectivity index (χ4n) is 3.94. The van der Waals surface area contributed by atoms with E-state index in [0.717, 1.165) is 15.7 Å². The number of ketones is 1. The van der Waals surface area contributed by atoms with Crippen LogP contribution in [0.25, 0.3) is 23.4 Å². The Morgan fingerprint density at radius 2 is 1.64 bits per heavy atom. The number of nitrogens with one attached hydrogen (secondary N) is 1. The largest absolute Gasteiger partial charge is 0.494 e. The van der Waals surface area contributed by atoms with Crippen LogP contribution < -0.4 is 16.0 Å². The van der Waals surface area contributed by atoms with Gasteiger partial charge in [-0.3, -0.25) is 14.6 Å². The number of ether oxygens (including phenoxy) is 1. The van der Waals surface area contributed by atoms with Gasteiger partial charge in [0, 0.05) is 16.2 Å². The normalized spacial score (nSPS) is 13.6. The van der Waals surface area contributed by atoms with Gasteiger partial charge < -0.3 is 9.84 Å². The standard InChI is InChI=1S/C28H19ClN2O5/c29-24-8-4-2-6-18(24)16-36-20-12-10-19(11-13-20)31-27(34)23(26(33)30-28(31)35)15-22-21-7-3-1-5-17(21)9-14-25(22)32/h1-15,34H,16H2,(H,30,33,35). The number of nitrogens with zero attached hydrogens (tertiary/aromatic N) is 1. The van der Waals surface area contributed by atoms with Gasteiger partial charge in [0.05, 0.1) is 5.69 Å². The summed E-state index contributed by atoms with van der Waals surface area (Å²) >= 11 is 6.16. The summed E-state index contributed by atoms with van der Waals surface area (Å²) in [6.45, 7) is 0.255. The molecule has 3 aromatic carbocycles. The van der Waals surface area contributed by atoms with Gasteiger partial charge in [0.2, 0.25) is 5.88 Å². The molecule has 1 aliphatic rings. The lowest BCUT2D eigenvalue weighted by Gasteiger charge is -2.14. The van der Waals surface area contributed by atoms with Crippen LogP contribution in [0, 0.1) is 0 Å². The molecule has 0 bridgehead atoms. The third-order valence-corrected chi connectivity index (χ3v) is 6.16. The minimum absolute atomic E-state index is 0.206. The molecule has 7 nitrogen and oxygen atoms in total. The first-order valence-corrected chi connectivity index (χ1v) is 11.4. The summed E-state index contributed by atoms with van der Waals surface area (Å²) in [6, 6.07) is 20.9. The van der Waals surface area contributed by atoms with Crippen LogP contribution in [-0.2, 0) is 11.4 Å². The van der Waals surface area contributed by atoms with E-state index in [1.54, 1.807) is 48.5 Å². The van der Waals surface area contributed by atoms with Crippen molar-refractivity contribution in [3.8, 4) is 17.3 Å². The topological polar surface area (TPSA) is 101 Å². The fourth-order valence-corrected chi connectivity index (χ4v) is 4.14. The number of carbonyl (C=O) groups is 1. The molecule has 4 aromatic rings. The van der Waals surface area contributed by atoms with Crippen LogP contribution in [0.2, 0.25) is 5.02 Å². The zero-order valence-corrected chi connectivity index (χ0v) is 19.5. The number of fused-ring (bicyclic) bond motifs is 1. The number of hydrogen-bond donors (Lipinski definition) is 2. The van der Waals surface area contributed by atoms with E-state index in [1.165, 1.54) is 12.2 Å². The van der Waals surface area contributed by atoms with E-state index in [0.29, 0.717) is 22.0 Å². The second kappa shape index (κ2) is 9.56. The zero-order chi connectivity index (χ0) is 25.2. The van der Waals surface area contributed by atoms with Gasteiger partial charge in [0.1, 0.15) is 17.9 Å².